The fourth-order valence-electron chi connectivity index (χ4n) is 2.04. The van der Waals surface area contributed by atoms with E-state index in [0.717, 1.165) is 28.3 Å². The summed E-state index contributed by atoms with van der Waals surface area (Å²) in [6.45, 7) is 4.05. The number of fused-ring (bicyclic) bond motifs is 1. The lowest BCUT2D eigenvalue weighted by molar-refractivity contribution is 0.824. The summed E-state index contributed by atoms with van der Waals surface area (Å²) in [4.78, 5) is 4.48. The van der Waals surface area contributed by atoms with Crippen LogP contribution in [0.15, 0.2) is 42.5 Å². The van der Waals surface area contributed by atoms with E-state index in [2.05, 4.69) is 22.2 Å². The van der Waals surface area contributed by atoms with Gasteiger partial charge in [0.1, 0.15) is 0 Å². The lowest BCUT2D eigenvalue weighted by Gasteiger charge is -1.99. The van der Waals surface area contributed by atoms with E-state index in [9.17, 15) is 0 Å². The number of rotatable bonds is 1. The summed E-state index contributed by atoms with van der Waals surface area (Å²) in [5, 5.41) is 4.58. The number of nitrogens with zero attached hydrogens (tertiary/aromatic N) is 3. The number of hydrogen-bond donors (Lipinski definition) is 0. The SMILES string of the molecule is Cc1cc(C)n2nc(-c3ccccc3)cc2n1.O. The van der Waals surface area contributed by atoms with Crippen LogP contribution in [0, 0.1) is 13.8 Å². The van der Waals surface area contributed by atoms with Crippen molar-refractivity contribution in [3.8, 4) is 11.3 Å². The maximum atomic E-state index is 4.58. The topological polar surface area (TPSA) is 61.7 Å². The summed E-state index contributed by atoms with van der Waals surface area (Å²) in [5.74, 6) is 0. The first-order valence-electron chi connectivity index (χ1n) is 5.63. The highest BCUT2D eigenvalue weighted by atomic mass is 16.0. The van der Waals surface area contributed by atoms with E-state index < -0.39 is 0 Å². The van der Waals surface area contributed by atoms with Crippen molar-refractivity contribution in [1.82, 2.24) is 14.6 Å². The summed E-state index contributed by atoms with van der Waals surface area (Å²) < 4.78 is 1.88. The smallest absolute Gasteiger partial charge is 0.156 e. The minimum Gasteiger partial charge on any atom is -0.412 e. The Morgan fingerprint density at radius 2 is 1.72 bits per heavy atom. The Hall–Kier alpha value is -2.20. The Morgan fingerprint density at radius 3 is 2.44 bits per heavy atom. The Morgan fingerprint density at radius 1 is 1.00 bits per heavy atom. The van der Waals surface area contributed by atoms with Crippen LogP contribution in [0.25, 0.3) is 16.9 Å². The highest BCUT2D eigenvalue weighted by Crippen LogP contribution is 2.19. The van der Waals surface area contributed by atoms with E-state index >= 15 is 0 Å². The lowest BCUT2D eigenvalue weighted by Crippen LogP contribution is -1.96. The van der Waals surface area contributed by atoms with Gasteiger partial charge >= 0.3 is 0 Å². The number of aryl methyl sites for hydroxylation is 2. The van der Waals surface area contributed by atoms with E-state index in [1.54, 1.807) is 0 Å². The zero-order chi connectivity index (χ0) is 11.8. The molecule has 0 aliphatic heterocycles. The van der Waals surface area contributed by atoms with E-state index in [-0.39, 0.29) is 5.48 Å². The van der Waals surface area contributed by atoms with Crippen molar-refractivity contribution in [1.29, 1.82) is 0 Å². The molecule has 1 aromatic carbocycles. The Labute approximate surface area is 105 Å². The predicted molar refractivity (Wildman–Crippen MR) is 71.5 cm³/mol. The molecule has 0 spiro atoms. The van der Waals surface area contributed by atoms with Gasteiger partial charge in [-0.2, -0.15) is 5.10 Å². The van der Waals surface area contributed by atoms with E-state index in [1.807, 2.05) is 48.7 Å². The second-order valence-corrected chi connectivity index (χ2v) is 4.20. The van der Waals surface area contributed by atoms with Crippen LogP contribution in [0.3, 0.4) is 0 Å². The zero-order valence-electron chi connectivity index (χ0n) is 10.4. The van der Waals surface area contributed by atoms with Crippen LogP contribution < -0.4 is 0 Å². The highest BCUT2D eigenvalue weighted by molar-refractivity contribution is 5.64. The fraction of sp³-hybridized carbons (Fsp3) is 0.143. The minimum absolute atomic E-state index is 0. The summed E-state index contributed by atoms with van der Waals surface area (Å²) in [5.41, 5.74) is 5.12. The molecule has 0 bridgehead atoms. The molecule has 18 heavy (non-hydrogen) atoms. The molecule has 2 aromatic heterocycles. The van der Waals surface area contributed by atoms with E-state index in [4.69, 9.17) is 0 Å². The Kier molecular flexibility index (Phi) is 3.12. The van der Waals surface area contributed by atoms with Gasteiger partial charge in [-0.25, -0.2) is 9.50 Å². The third-order valence-corrected chi connectivity index (χ3v) is 2.80. The summed E-state index contributed by atoms with van der Waals surface area (Å²) in [7, 11) is 0. The van der Waals surface area contributed by atoms with Crippen molar-refractivity contribution in [2.75, 3.05) is 0 Å². The van der Waals surface area contributed by atoms with Gasteiger partial charge in [0.2, 0.25) is 0 Å². The van der Waals surface area contributed by atoms with Gasteiger partial charge in [0.05, 0.1) is 5.69 Å². The molecule has 3 rings (SSSR count). The second-order valence-electron chi connectivity index (χ2n) is 4.20. The van der Waals surface area contributed by atoms with Crippen LogP contribution in [0.4, 0.5) is 0 Å². The van der Waals surface area contributed by atoms with Gasteiger partial charge in [-0.15, -0.1) is 0 Å². The molecule has 2 N–H and O–H groups in total. The molecule has 2 heterocycles. The zero-order valence-corrected chi connectivity index (χ0v) is 10.4. The van der Waals surface area contributed by atoms with Crippen molar-refractivity contribution in [3.63, 3.8) is 0 Å². The Balaban J connectivity index is 0.00000120. The highest BCUT2D eigenvalue weighted by Gasteiger charge is 2.06. The molecule has 3 aromatic rings. The van der Waals surface area contributed by atoms with Gasteiger partial charge in [0.25, 0.3) is 0 Å². The first-order chi connectivity index (χ1) is 8.24. The normalized spacial score (nSPS) is 10.3. The molecule has 4 nitrogen and oxygen atoms in total. The molecule has 0 aliphatic rings. The Bertz CT molecular complexity index is 674. The van der Waals surface area contributed by atoms with Gasteiger partial charge in [-0.05, 0) is 19.9 Å². The van der Waals surface area contributed by atoms with Crippen LogP contribution in [0.1, 0.15) is 11.4 Å². The lowest BCUT2D eigenvalue weighted by atomic mass is 10.2. The number of hydrogen-bond acceptors (Lipinski definition) is 2. The third kappa shape index (κ3) is 1.98. The van der Waals surface area contributed by atoms with Gasteiger partial charge < -0.3 is 5.48 Å². The average Bonchev–Trinajstić information content (AvgIpc) is 2.74. The molecule has 0 aliphatic carbocycles. The van der Waals surface area contributed by atoms with Crippen molar-refractivity contribution in [2.24, 2.45) is 0 Å². The van der Waals surface area contributed by atoms with E-state index in [1.165, 1.54) is 0 Å². The molecule has 0 saturated carbocycles. The predicted octanol–water partition coefficient (Wildman–Crippen LogP) is 2.19. The molecule has 0 unspecified atom stereocenters. The third-order valence-electron chi connectivity index (χ3n) is 2.80. The second kappa shape index (κ2) is 4.58. The molecule has 0 amide bonds. The number of aromatic nitrogens is 3. The fourth-order valence-corrected chi connectivity index (χ4v) is 2.04. The van der Waals surface area contributed by atoms with Crippen molar-refractivity contribution in [2.45, 2.75) is 13.8 Å². The van der Waals surface area contributed by atoms with Gasteiger partial charge in [-0.3, -0.25) is 0 Å². The van der Waals surface area contributed by atoms with E-state index in [0.29, 0.717) is 0 Å². The van der Waals surface area contributed by atoms with Gasteiger partial charge in [0, 0.05) is 23.0 Å². The summed E-state index contributed by atoms with van der Waals surface area (Å²) in [6, 6.07) is 14.2. The van der Waals surface area contributed by atoms with Gasteiger partial charge in [-0.1, -0.05) is 30.3 Å². The van der Waals surface area contributed by atoms with Crippen LogP contribution in [0.5, 0.6) is 0 Å². The number of benzene rings is 1. The first-order valence-corrected chi connectivity index (χ1v) is 5.63. The molecule has 0 atom stereocenters. The molecule has 0 saturated heterocycles. The molecular formula is C14H15N3O. The minimum atomic E-state index is 0. The first kappa shape index (κ1) is 12.3. The molecule has 4 heteroatoms. The van der Waals surface area contributed by atoms with Gasteiger partial charge in [0.15, 0.2) is 5.65 Å². The van der Waals surface area contributed by atoms with Crippen molar-refractivity contribution >= 4 is 5.65 Å². The quantitative estimate of drug-likeness (QED) is 0.655. The molecule has 92 valence electrons. The van der Waals surface area contributed by atoms with Crippen LogP contribution >= 0.6 is 0 Å². The largest absolute Gasteiger partial charge is 0.412 e. The molecule has 0 radical (unpaired) electrons. The van der Waals surface area contributed by atoms with Crippen molar-refractivity contribution in [3.05, 3.63) is 53.9 Å². The maximum Gasteiger partial charge on any atom is 0.156 e. The van der Waals surface area contributed by atoms with Crippen molar-refractivity contribution < 1.29 is 5.48 Å². The summed E-state index contributed by atoms with van der Waals surface area (Å²) >= 11 is 0. The monoisotopic (exact) mass is 241 g/mol. The average molecular weight is 241 g/mol. The maximum absolute atomic E-state index is 4.58. The van der Waals surface area contributed by atoms with Crippen LogP contribution in [-0.2, 0) is 0 Å². The van der Waals surface area contributed by atoms with Crippen LogP contribution in [0.2, 0.25) is 0 Å². The standard InChI is InChI=1S/C14H13N3.H2O/c1-10-8-11(2)17-14(15-10)9-13(16-17)12-6-4-3-5-7-12;/h3-9H,1-2H3;1H2. The molecule has 0 fully saturated rings. The molecular weight excluding hydrogens is 226 g/mol. The summed E-state index contributed by atoms with van der Waals surface area (Å²) in [6.07, 6.45) is 0. The van der Waals surface area contributed by atoms with Crippen LogP contribution in [-0.4, -0.2) is 20.1 Å².